The molecule has 5 rings (SSSR count). The second-order valence-corrected chi connectivity index (χ2v) is 8.67. The average Bonchev–Trinajstić information content (AvgIpc) is 3.44. The number of fused-ring (bicyclic) bond motifs is 1. The predicted molar refractivity (Wildman–Crippen MR) is 132 cm³/mol. The summed E-state index contributed by atoms with van der Waals surface area (Å²) in [6.45, 7) is 0.213. The number of barbiturate groups is 1. The standard InChI is InChI=1S/C25H15Cl2N3O6/c26-18-7-5-14(10-19(18)27)30-23(32)17(22(31)28-25(30)35)9-13-11-29(20-4-2-1-3-16(13)20)12-15-6-8-21(36-15)24(33)34/h1-11H,12H2,(H,33,34)(H,28,31,35)/b17-9+. The fourth-order valence-electron chi connectivity index (χ4n) is 3.94. The van der Waals surface area contributed by atoms with Gasteiger partial charge in [-0.1, -0.05) is 41.4 Å². The normalized spacial score (nSPS) is 15.1. The van der Waals surface area contributed by atoms with E-state index in [-0.39, 0.29) is 33.6 Å². The molecule has 1 saturated heterocycles. The summed E-state index contributed by atoms with van der Waals surface area (Å²) in [5, 5.41) is 12.4. The van der Waals surface area contributed by atoms with Crippen LogP contribution in [0, 0.1) is 0 Å². The lowest BCUT2D eigenvalue weighted by Gasteiger charge is -2.26. The van der Waals surface area contributed by atoms with Crippen molar-refractivity contribution >= 4 is 69.7 Å². The van der Waals surface area contributed by atoms with Gasteiger partial charge in [0.25, 0.3) is 11.8 Å². The topological polar surface area (TPSA) is 122 Å². The zero-order valence-electron chi connectivity index (χ0n) is 18.2. The number of carbonyl (C=O) groups is 4. The van der Waals surface area contributed by atoms with E-state index in [2.05, 4.69) is 5.32 Å². The minimum atomic E-state index is -1.17. The molecule has 9 nitrogen and oxygen atoms in total. The van der Waals surface area contributed by atoms with E-state index in [4.69, 9.17) is 32.7 Å². The van der Waals surface area contributed by atoms with Gasteiger partial charge < -0.3 is 14.1 Å². The largest absolute Gasteiger partial charge is 0.475 e. The van der Waals surface area contributed by atoms with E-state index in [0.717, 1.165) is 15.8 Å². The molecule has 1 fully saturated rings. The average molecular weight is 524 g/mol. The molecule has 0 unspecified atom stereocenters. The summed E-state index contributed by atoms with van der Waals surface area (Å²) in [4.78, 5) is 50.4. The third kappa shape index (κ3) is 4.15. The molecule has 0 aliphatic carbocycles. The molecule has 2 N–H and O–H groups in total. The number of carbonyl (C=O) groups excluding carboxylic acids is 3. The van der Waals surface area contributed by atoms with Crippen LogP contribution < -0.4 is 10.2 Å². The maximum Gasteiger partial charge on any atom is 0.371 e. The van der Waals surface area contributed by atoms with Gasteiger partial charge in [0.05, 0.1) is 22.3 Å². The number of hydrogen-bond acceptors (Lipinski definition) is 5. The molecule has 2 aromatic heterocycles. The van der Waals surface area contributed by atoms with Gasteiger partial charge in [-0.15, -0.1) is 0 Å². The number of furan rings is 1. The van der Waals surface area contributed by atoms with E-state index in [1.165, 1.54) is 30.3 Å². The monoisotopic (exact) mass is 523 g/mol. The minimum Gasteiger partial charge on any atom is -0.475 e. The molecule has 3 heterocycles. The molecule has 4 amide bonds. The van der Waals surface area contributed by atoms with Crippen molar-refractivity contribution in [3.05, 3.63) is 93.5 Å². The lowest BCUT2D eigenvalue weighted by atomic mass is 10.1. The molecule has 0 spiro atoms. The maximum atomic E-state index is 13.3. The number of para-hydroxylation sites is 1. The summed E-state index contributed by atoms with van der Waals surface area (Å²) >= 11 is 12.0. The number of carboxylic acid groups (broad SMARTS) is 1. The van der Waals surface area contributed by atoms with Crippen LogP contribution in [0.4, 0.5) is 10.5 Å². The van der Waals surface area contributed by atoms with Crippen LogP contribution in [0.3, 0.4) is 0 Å². The van der Waals surface area contributed by atoms with Crippen LogP contribution in [0.2, 0.25) is 10.0 Å². The summed E-state index contributed by atoms with van der Waals surface area (Å²) < 4.78 is 7.17. The quantitative estimate of drug-likeness (QED) is 0.281. The van der Waals surface area contributed by atoms with Crippen molar-refractivity contribution in [2.45, 2.75) is 6.54 Å². The summed E-state index contributed by atoms with van der Waals surface area (Å²) in [5.41, 5.74) is 1.20. The first-order valence-electron chi connectivity index (χ1n) is 10.5. The summed E-state index contributed by atoms with van der Waals surface area (Å²) in [6.07, 6.45) is 3.11. The summed E-state index contributed by atoms with van der Waals surface area (Å²) in [6, 6.07) is 13.5. The van der Waals surface area contributed by atoms with E-state index in [0.29, 0.717) is 11.3 Å². The molecule has 36 heavy (non-hydrogen) atoms. The van der Waals surface area contributed by atoms with Gasteiger partial charge in [-0.2, -0.15) is 0 Å². The van der Waals surface area contributed by atoms with Gasteiger partial charge in [0, 0.05) is 22.7 Å². The lowest BCUT2D eigenvalue weighted by Crippen LogP contribution is -2.54. The Hall–Kier alpha value is -4.34. The zero-order valence-corrected chi connectivity index (χ0v) is 19.7. The first-order chi connectivity index (χ1) is 17.2. The van der Waals surface area contributed by atoms with Gasteiger partial charge in [0.1, 0.15) is 11.3 Å². The molecule has 1 aliphatic rings. The molecule has 0 radical (unpaired) electrons. The van der Waals surface area contributed by atoms with Crippen LogP contribution >= 0.6 is 23.2 Å². The van der Waals surface area contributed by atoms with Gasteiger partial charge in [0.2, 0.25) is 5.76 Å². The van der Waals surface area contributed by atoms with Crippen molar-refractivity contribution < 1.29 is 28.7 Å². The first-order valence-corrected chi connectivity index (χ1v) is 11.2. The Morgan fingerprint density at radius 3 is 2.53 bits per heavy atom. The number of nitrogens with one attached hydrogen (secondary N) is 1. The van der Waals surface area contributed by atoms with Gasteiger partial charge in [0.15, 0.2) is 0 Å². The smallest absolute Gasteiger partial charge is 0.371 e. The van der Waals surface area contributed by atoms with Crippen LogP contribution in [0.5, 0.6) is 0 Å². The predicted octanol–water partition coefficient (Wildman–Crippen LogP) is 4.95. The second-order valence-electron chi connectivity index (χ2n) is 7.86. The first kappa shape index (κ1) is 23.4. The highest BCUT2D eigenvalue weighted by molar-refractivity contribution is 6.43. The molecule has 180 valence electrons. The van der Waals surface area contributed by atoms with Crippen LogP contribution in [0.1, 0.15) is 21.9 Å². The van der Waals surface area contributed by atoms with Crippen molar-refractivity contribution in [1.82, 2.24) is 9.88 Å². The van der Waals surface area contributed by atoms with Crippen molar-refractivity contribution in [1.29, 1.82) is 0 Å². The Labute approximate surface area is 213 Å². The fraction of sp³-hybridized carbons (Fsp3) is 0.0400. The Bertz CT molecular complexity index is 1620. The molecule has 1 aliphatic heterocycles. The number of halogens is 2. The summed E-state index contributed by atoms with van der Waals surface area (Å²) in [7, 11) is 0. The zero-order chi connectivity index (χ0) is 25.6. The maximum absolute atomic E-state index is 13.3. The Kier molecular flexibility index (Phi) is 5.87. The van der Waals surface area contributed by atoms with E-state index < -0.39 is 23.8 Å². The van der Waals surface area contributed by atoms with Gasteiger partial charge in [-0.25, -0.2) is 14.5 Å². The molecule has 4 aromatic rings. The van der Waals surface area contributed by atoms with E-state index in [1.807, 2.05) is 18.2 Å². The van der Waals surface area contributed by atoms with Gasteiger partial charge in [-0.3, -0.25) is 14.9 Å². The fourth-order valence-corrected chi connectivity index (χ4v) is 4.23. The number of amides is 4. The molecule has 0 saturated carbocycles. The van der Waals surface area contributed by atoms with Crippen molar-refractivity contribution in [3.63, 3.8) is 0 Å². The number of carboxylic acids is 1. The molecule has 11 heteroatoms. The van der Waals surface area contributed by atoms with Crippen molar-refractivity contribution in [3.8, 4) is 0 Å². The molecule has 0 atom stereocenters. The van der Waals surface area contributed by atoms with Crippen LogP contribution in [-0.2, 0) is 16.1 Å². The number of imide groups is 2. The van der Waals surface area contributed by atoms with Crippen LogP contribution in [0.15, 0.2) is 70.8 Å². The van der Waals surface area contributed by atoms with Crippen LogP contribution in [-0.4, -0.2) is 33.5 Å². The SMILES string of the molecule is O=C1NC(=O)N(c2ccc(Cl)c(Cl)c2)C(=O)/C1=C/c1cn(Cc2ccc(C(=O)O)o2)c2ccccc12. The third-order valence-corrected chi connectivity index (χ3v) is 6.32. The lowest BCUT2D eigenvalue weighted by molar-refractivity contribution is -0.122. The highest BCUT2D eigenvalue weighted by Gasteiger charge is 2.37. The number of rotatable bonds is 5. The number of anilines is 1. The number of nitrogens with zero attached hydrogens (tertiary/aromatic N) is 2. The Morgan fingerprint density at radius 2 is 1.81 bits per heavy atom. The Morgan fingerprint density at radius 1 is 1.03 bits per heavy atom. The number of hydrogen-bond donors (Lipinski definition) is 2. The number of urea groups is 1. The molecular weight excluding hydrogens is 509 g/mol. The van der Waals surface area contributed by atoms with E-state index in [1.54, 1.807) is 22.9 Å². The number of benzene rings is 2. The van der Waals surface area contributed by atoms with Gasteiger partial charge >= 0.3 is 12.0 Å². The number of aromatic nitrogens is 1. The van der Waals surface area contributed by atoms with Gasteiger partial charge in [-0.05, 0) is 42.5 Å². The number of aromatic carboxylic acids is 1. The van der Waals surface area contributed by atoms with Crippen molar-refractivity contribution in [2.24, 2.45) is 0 Å². The molecular formula is C25H15Cl2N3O6. The highest BCUT2D eigenvalue weighted by atomic mass is 35.5. The third-order valence-electron chi connectivity index (χ3n) is 5.58. The minimum absolute atomic E-state index is 0.143. The van der Waals surface area contributed by atoms with Crippen LogP contribution in [0.25, 0.3) is 17.0 Å². The second kappa shape index (κ2) is 9.03. The highest BCUT2D eigenvalue weighted by Crippen LogP contribution is 2.30. The summed E-state index contributed by atoms with van der Waals surface area (Å²) in [5.74, 6) is -2.60. The van der Waals surface area contributed by atoms with E-state index in [9.17, 15) is 19.2 Å². The molecule has 2 aromatic carbocycles. The molecule has 0 bridgehead atoms. The van der Waals surface area contributed by atoms with E-state index >= 15 is 0 Å². The Balaban J connectivity index is 1.55. The van der Waals surface area contributed by atoms with Crippen molar-refractivity contribution in [2.75, 3.05) is 4.90 Å².